The van der Waals surface area contributed by atoms with Crippen molar-refractivity contribution in [1.29, 1.82) is 0 Å². The summed E-state index contributed by atoms with van der Waals surface area (Å²) in [5.41, 5.74) is 8.19. The second kappa shape index (κ2) is 7.07. The van der Waals surface area contributed by atoms with E-state index in [1.165, 1.54) is 11.3 Å². The standard InChI is InChI=1S/C17H18N2OS/c1-3-19(15-8-4-6-13(2)12-15)17(20)16-14(7-5-10-18)9-11-21-16/h4,6,8-9,11-12H,3,10,18H2,1-2H3. The van der Waals surface area contributed by atoms with Gasteiger partial charge in [-0.3, -0.25) is 4.79 Å². The van der Waals surface area contributed by atoms with Crippen LogP contribution < -0.4 is 10.6 Å². The lowest BCUT2D eigenvalue weighted by Crippen LogP contribution is -2.30. The number of nitrogens with zero attached hydrogens (tertiary/aromatic N) is 1. The van der Waals surface area contributed by atoms with E-state index in [2.05, 4.69) is 11.8 Å². The summed E-state index contributed by atoms with van der Waals surface area (Å²) >= 11 is 1.42. The van der Waals surface area contributed by atoms with E-state index in [-0.39, 0.29) is 5.91 Å². The fraction of sp³-hybridized carbons (Fsp3) is 0.235. The van der Waals surface area contributed by atoms with Gasteiger partial charge >= 0.3 is 0 Å². The number of hydrogen-bond acceptors (Lipinski definition) is 3. The molecule has 0 aliphatic heterocycles. The summed E-state index contributed by atoms with van der Waals surface area (Å²) in [5.74, 6) is 5.75. The van der Waals surface area contributed by atoms with E-state index < -0.39 is 0 Å². The molecule has 0 saturated heterocycles. The average molecular weight is 298 g/mol. The van der Waals surface area contributed by atoms with Gasteiger partial charge in [-0.1, -0.05) is 24.0 Å². The maximum Gasteiger partial charge on any atom is 0.269 e. The molecule has 2 rings (SSSR count). The molecular formula is C17H18N2OS. The highest BCUT2D eigenvalue weighted by atomic mass is 32.1. The topological polar surface area (TPSA) is 46.3 Å². The number of anilines is 1. The Morgan fingerprint density at radius 3 is 2.86 bits per heavy atom. The first kappa shape index (κ1) is 15.3. The van der Waals surface area contributed by atoms with E-state index in [0.717, 1.165) is 16.8 Å². The van der Waals surface area contributed by atoms with Gasteiger partial charge in [-0.05, 0) is 43.0 Å². The Labute approximate surface area is 129 Å². The highest BCUT2D eigenvalue weighted by molar-refractivity contribution is 7.12. The number of rotatable bonds is 3. The molecule has 0 saturated carbocycles. The van der Waals surface area contributed by atoms with Gasteiger partial charge < -0.3 is 10.6 Å². The van der Waals surface area contributed by atoms with Crippen LogP contribution in [0.25, 0.3) is 0 Å². The van der Waals surface area contributed by atoms with Crippen molar-refractivity contribution in [2.24, 2.45) is 5.73 Å². The Kier molecular flexibility index (Phi) is 5.15. The van der Waals surface area contributed by atoms with Crippen LogP contribution in [-0.4, -0.2) is 19.0 Å². The molecule has 0 spiro atoms. The zero-order valence-electron chi connectivity index (χ0n) is 12.2. The minimum absolute atomic E-state index is 0.0144. The Bertz CT molecular complexity index is 694. The van der Waals surface area contributed by atoms with Crippen molar-refractivity contribution in [3.63, 3.8) is 0 Å². The van der Waals surface area contributed by atoms with E-state index in [4.69, 9.17) is 5.73 Å². The number of hydrogen-bond donors (Lipinski definition) is 1. The van der Waals surface area contributed by atoms with E-state index >= 15 is 0 Å². The molecule has 1 aromatic heterocycles. The summed E-state index contributed by atoms with van der Waals surface area (Å²) < 4.78 is 0. The molecular weight excluding hydrogens is 280 g/mol. The fourth-order valence-corrected chi connectivity index (χ4v) is 2.88. The molecule has 2 N–H and O–H groups in total. The Hall–Kier alpha value is -2.09. The monoisotopic (exact) mass is 298 g/mol. The average Bonchev–Trinajstić information content (AvgIpc) is 2.94. The molecule has 0 bridgehead atoms. The third-order valence-corrected chi connectivity index (χ3v) is 3.96. The number of benzene rings is 1. The van der Waals surface area contributed by atoms with Crippen LogP contribution in [0, 0.1) is 18.8 Å². The Morgan fingerprint density at radius 2 is 2.19 bits per heavy atom. The first-order valence-electron chi connectivity index (χ1n) is 6.82. The Morgan fingerprint density at radius 1 is 1.38 bits per heavy atom. The van der Waals surface area contributed by atoms with Crippen LogP contribution in [0.15, 0.2) is 35.7 Å². The summed E-state index contributed by atoms with van der Waals surface area (Å²) in [6.07, 6.45) is 0. The summed E-state index contributed by atoms with van der Waals surface area (Å²) in [6.45, 7) is 4.90. The maximum atomic E-state index is 12.8. The molecule has 0 radical (unpaired) electrons. The van der Waals surface area contributed by atoms with Crippen molar-refractivity contribution in [2.75, 3.05) is 18.0 Å². The van der Waals surface area contributed by atoms with Crippen LogP contribution >= 0.6 is 11.3 Å². The van der Waals surface area contributed by atoms with Crippen LogP contribution in [-0.2, 0) is 0 Å². The predicted molar refractivity (Wildman–Crippen MR) is 88.8 cm³/mol. The molecule has 0 unspecified atom stereocenters. The molecule has 0 aliphatic rings. The van der Waals surface area contributed by atoms with Gasteiger partial charge in [0.15, 0.2) is 0 Å². The van der Waals surface area contributed by atoms with E-state index in [1.54, 1.807) is 4.90 Å². The van der Waals surface area contributed by atoms with Crippen molar-refractivity contribution in [3.8, 4) is 11.8 Å². The SMILES string of the molecule is CCN(C(=O)c1sccc1C#CCN)c1cccc(C)c1. The van der Waals surface area contributed by atoms with Crippen molar-refractivity contribution in [1.82, 2.24) is 0 Å². The quantitative estimate of drug-likeness (QED) is 0.885. The van der Waals surface area contributed by atoms with Gasteiger partial charge in [-0.2, -0.15) is 0 Å². The lowest BCUT2D eigenvalue weighted by molar-refractivity contribution is 0.0992. The van der Waals surface area contributed by atoms with E-state index in [1.807, 2.05) is 49.6 Å². The van der Waals surface area contributed by atoms with Crippen LogP contribution in [0.1, 0.15) is 27.7 Å². The van der Waals surface area contributed by atoms with Crippen LogP contribution in [0.4, 0.5) is 5.69 Å². The number of carbonyl (C=O) groups is 1. The van der Waals surface area contributed by atoms with E-state index in [0.29, 0.717) is 18.0 Å². The molecule has 1 heterocycles. The highest BCUT2D eigenvalue weighted by Crippen LogP contribution is 2.23. The van der Waals surface area contributed by atoms with Gasteiger partial charge in [0.2, 0.25) is 0 Å². The van der Waals surface area contributed by atoms with Crippen molar-refractivity contribution in [3.05, 3.63) is 51.7 Å². The zero-order chi connectivity index (χ0) is 15.2. The number of aryl methyl sites for hydroxylation is 1. The number of carbonyl (C=O) groups excluding carboxylic acids is 1. The minimum atomic E-state index is -0.0144. The van der Waals surface area contributed by atoms with Crippen molar-refractivity contribution >= 4 is 22.9 Å². The lowest BCUT2D eigenvalue weighted by Gasteiger charge is -2.21. The molecule has 21 heavy (non-hydrogen) atoms. The first-order valence-corrected chi connectivity index (χ1v) is 7.70. The molecule has 1 aromatic carbocycles. The number of nitrogens with two attached hydrogens (primary N) is 1. The second-order valence-electron chi connectivity index (χ2n) is 4.56. The van der Waals surface area contributed by atoms with Gasteiger partial charge in [0, 0.05) is 17.8 Å². The van der Waals surface area contributed by atoms with Crippen LogP contribution in [0.2, 0.25) is 0 Å². The second-order valence-corrected chi connectivity index (χ2v) is 5.47. The predicted octanol–water partition coefficient (Wildman–Crippen LogP) is 3.03. The molecule has 0 fully saturated rings. The van der Waals surface area contributed by atoms with Gasteiger partial charge in [0.1, 0.15) is 4.88 Å². The molecule has 2 aromatic rings. The summed E-state index contributed by atoms with van der Waals surface area (Å²) in [6, 6.07) is 9.81. The van der Waals surface area contributed by atoms with E-state index in [9.17, 15) is 4.79 Å². The number of amides is 1. The fourth-order valence-electron chi connectivity index (χ4n) is 2.08. The molecule has 3 nitrogen and oxygen atoms in total. The summed E-state index contributed by atoms with van der Waals surface area (Å²) in [5, 5.41) is 1.89. The van der Waals surface area contributed by atoms with Crippen molar-refractivity contribution < 1.29 is 4.79 Å². The van der Waals surface area contributed by atoms with Crippen LogP contribution in [0.5, 0.6) is 0 Å². The molecule has 0 atom stereocenters. The van der Waals surface area contributed by atoms with Gasteiger partial charge in [-0.25, -0.2) is 0 Å². The molecule has 1 amide bonds. The maximum absolute atomic E-state index is 12.8. The third-order valence-electron chi connectivity index (χ3n) is 3.06. The lowest BCUT2D eigenvalue weighted by atomic mass is 10.2. The summed E-state index contributed by atoms with van der Waals surface area (Å²) in [4.78, 5) is 15.2. The smallest absolute Gasteiger partial charge is 0.269 e. The zero-order valence-corrected chi connectivity index (χ0v) is 13.0. The molecule has 4 heteroatoms. The molecule has 108 valence electrons. The van der Waals surface area contributed by atoms with Gasteiger partial charge in [0.25, 0.3) is 5.91 Å². The van der Waals surface area contributed by atoms with Crippen molar-refractivity contribution in [2.45, 2.75) is 13.8 Å². The molecule has 0 aliphatic carbocycles. The highest BCUT2D eigenvalue weighted by Gasteiger charge is 2.20. The minimum Gasteiger partial charge on any atom is -0.320 e. The largest absolute Gasteiger partial charge is 0.320 e. The van der Waals surface area contributed by atoms with Gasteiger partial charge in [0.05, 0.1) is 6.54 Å². The summed E-state index contributed by atoms with van der Waals surface area (Å²) in [7, 11) is 0. The first-order chi connectivity index (χ1) is 10.2. The van der Waals surface area contributed by atoms with Gasteiger partial charge in [-0.15, -0.1) is 11.3 Å². The van der Waals surface area contributed by atoms with Crippen LogP contribution in [0.3, 0.4) is 0 Å². The normalized spacial score (nSPS) is 9.86. The number of thiophene rings is 1. The Balaban J connectivity index is 2.35. The third kappa shape index (κ3) is 3.52.